The minimum absolute atomic E-state index is 0.284. The third-order valence-corrected chi connectivity index (χ3v) is 4.03. The average Bonchev–Trinajstić information content (AvgIpc) is 3.20. The van der Waals surface area contributed by atoms with Crippen molar-refractivity contribution in [1.29, 1.82) is 0 Å². The van der Waals surface area contributed by atoms with Gasteiger partial charge in [-0.15, -0.1) is 0 Å². The zero-order valence-electron chi connectivity index (χ0n) is 13.1. The number of aromatic nitrogens is 3. The maximum Gasteiger partial charge on any atom is 0.357 e. The first-order valence-electron chi connectivity index (χ1n) is 7.71. The summed E-state index contributed by atoms with van der Waals surface area (Å²) in [6, 6.07) is 11.5. The lowest BCUT2D eigenvalue weighted by molar-refractivity contribution is 0.0521. The topological polar surface area (TPSA) is 96.8 Å². The van der Waals surface area contributed by atoms with Gasteiger partial charge >= 0.3 is 5.97 Å². The smallest absolute Gasteiger partial charge is 0.357 e. The van der Waals surface area contributed by atoms with Crippen LogP contribution in [-0.2, 0) is 4.74 Å². The minimum Gasteiger partial charge on any atom is -0.461 e. The number of carbonyl (C=O) groups excluding carboxylic acids is 1. The summed E-state index contributed by atoms with van der Waals surface area (Å²) >= 11 is 0. The Balaban J connectivity index is 2.15. The van der Waals surface area contributed by atoms with Crippen LogP contribution in [0.4, 0.5) is 5.69 Å². The van der Waals surface area contributed by atoms with E-state index < -0.39 is 5.97 Å². The molecule has 4 rings (SSSR count). The number of rotatable bonds is 3. The molecule has 0 atom stereocenters. The number of esters is 1. The summed E-state index contributed by atoms with van der Waals surface area (Å²) in [5.41, 5.74) is 10.1. The summed E-state index contributed by atoms with van der Waals surface area (Å²) in [5, 5.41) is 7.84. The van der Waals surface area contributed by atoms with Gasteiger partial charge in [-0.1, -0.05) is 30.3 Å². The van der Waals surface area contributed by atoms with Gasteiger partial charge < -0.3 is 20.7 Å². The third-order valence-electron chi connectivity index (χ3n) is 4.03. The van der Waals surface area contributed by atoms with Gasteiger partial charge in [0, 0.05) is 22.5 Å². The summed E-state index contributed by atoms with van der Waals surface area (Å²) in [7, 11) is 0. The Morgan fingerprint density at radius 2 is 2.08 bits per heavy atom. The summed E-state index contributed by atoms with van der Waals surface area (Å²) < 4.78 is 5.19. The number of H-pyrrole nitrogens is 2. The van der Waals surface area contributed by atoms with E-state index >= 15 is 0 Å². The standard InChI is InChI=1S/C18H16N4O2/c1-2-24-18(23)17-13(10-6-4-3-5-7-10)14-15-11(9-20-22-15)8-12(19)16(14)21-17/h3-9,20,22H,2,19H2,1H3. The van der Waals surface area contributed by atoms with Crippen LogP contribution in [0, 0.1) is 0 Å². The predicted octanol–water partition coefficient (Wildman–Crippen LogP) is 3.47. The molecule has 0 aliphatic heterocycles. The molecule has 0 unspecified atom stereocenters. The highest BCUT2D eigenvalue weighted by Gasteiger charge is 2.24. The van der Waals surface area contributed by atoms with Crippen LogP contribution in [0.15, 0.2) is 42.6 Å². The Morgan fingerprint density at radius 1 is 1.29 bits per heavy atom. The van der Waals surface area contributed by atoms with Gasteiger partial charge in [0.2, 0.25) is 0 Å². The van der Waals surface area contributed by atoms with E-state index in [0.717, 1.165) is 27.4 Å². The van der Waals surface area contributed by atoms with E-state index in [0.29, 0.717) is 11.2 Å². The number of aromatic amines is 2. The molecule has 2 aromatic carbocycles. The van der Waals surface area contributed by atoms with E-state index in [2.05, 4.69) is 15.2 Å². The summed E-state index contributed by atoms with van der Waals surface area (Å²) in [5.74, 6) is -0.448. The lowest BCUT2D eigenvalue weighted by atomic mass is 10.00. The van der Waals surface area contributed by atoms with E-state index in [9.17, 15) is 4.79 Å². The molecule has 6 heteroatoms. The van der Waals surface area contributed by atoms with Gasteiger partial charge in [0.25, 0.3) is 0 Å². The number of fused-ring (bicyclic) bond motifs is 3. The zero-order chi connectivity index (χ0) is 16.7. The van der Waals surface area contributed by atoms with Gasteiger partial charge in [0.05, 0.1) is 23.3 Å². The van der Waals surface area contributed by atoms with Gasteiger partial charge in [-0.3, -0.25) is 0 Å². The second-order valence-electron chi connectivity index (χ2n) is 5.49. The van der Waals surface area contributed by atoms with E-state index in [1.165, 1.54) is 0 Å². The van der Waals surface area contributed by atoms with Crippen LogP contribution in [0.3, 0.4) is 0 Å². The molecule has 0 aliphatic carbocycles. The summed E-state index contributed by atoms with van der Waals surface area (Å²) in [4.78, 5) is 17.0. The summed E-state index contributed by atoms with van der Waals surface area (Å²) in [6.45, 7) is 2.06. The number of hydrogen-bond donors (Lipinski definition) is 3. The van der Waals surface area contributed by atoms with Crippen LogP contribution in [0.25, 0.3) is 32.9 Å². The Bertz CT molecular complexity index is 1050. The molecule has 0 bridgehead atoms. The van der Waals surface area contributed by atoms with Gasteiger partial charge in [-0.25, -0.2) is 9.78 Å². The van der Waals surface area contributed by atoms with Crippen molar-refractivity contribution in [2.24, 2.45) is 0 Å². The monoisotopic (exact) mass is 320 g/mol. The number of carbonyl (C=O) groups is 1. The lowest BCUT2D eigenvalue weighted by Crippen LogP contribution is -2.06. The van der Waals surface area contributed by atoms with Crippen LogP contribution in [0.1, 0.15) is 17.4 Å². The molecule has 0 saturated heterocycles. The Hall–Kier alpha value is -3.28. The number of nitrogens with one attached hydrogen (secondary N) is 2. The van der Waals surface area contributed by atoms with Gasteiger partial charge in [-0.2, -0.15) is 0 Å². The normalized spacial score (nSPS) is 11.2. The van der Waals surface area contributed by atoms with E-state index in [4.69, 9.17) is 10.5 Å². The van der Waals surface area contributed by atoms with Crippen molar-refractivity contribution in [3.8, 4) is 11.1 Å². The average molecular weight is 320 g/mol. The molecule has 4 N–H and O–H groups in total. The molecule has 0 fully saturated rings. The summed E-state index contributed by atoms with van der Waals surface area (Å²) in [6.07, 6.45) is 1.83. The highest BCUT2D eigenvalue weighted by atomic mass is 16.5. The van der Waals surface area contributed by atoms with E-state index in [1.807, 2.05) is 42.6 Å². The minimum atomic E-state index is -0.448. The number of ether oxygens (including phenoxy) is 1. The van der Waals surface area contributed by atoms with Crippen molar-refractivity contribution in [2.45, 2.75) is 6.92 Å². The van der Waals surface area contributed by atoms with Gasteiger partial charge in [0.1, 0.15) is 0 Å². The molecule has 2 aromatic heterocycles. The molecule has 0 amide bonds. The molecule has 120 valence electrons. The molecule has 0 spiro atoms. The number of anilines is 1. The number of benzene rings is 2. The predicted molar refractivity (Wildman–Crippen MR) is 93.8 cm³/mol. The van der Waals surface area contributed by atoms with Crippen LogP contribution in [0.5, 0.6) is 0 Å². The molecule has 0 saturated carbocycles. The zero-order valence-corrected chi connectivity index (χ0v) is 13.1. The van der Waals surface area contributed by atoms with Crippen molar-refractivity contribution in [3.05, 3.63) is 48.3 Å². The van der Waals surface area contributed by atoms with Crippen LogP contribution in [-0.4, -0.2) is 27.8 Å². The highest BCUT2D eigenvalue weighted by molar-refractivity contribution is 6.20. The van der Waals surface area contributed by atoms with E-state index in [-0.39, 0.29) is 12.3 Å². The van der Waals surface area contributed by atoms with Crippen LogP contribution < -0.4 is 5.73 Å². The van der Waals surface area contributed by atoms with Gasteiger partial charge in [-0.05, 0) is 18.6 Å². The van der Waals surface area contributed by atoms with Crippen LogP contribution >= 0.6 is 0 Å². The fourth-order valence-corrected chi connectivity index (χ4v) is 3.03. The molecular weight excluding hydrogens is 304 g/mol. The number of hydrogen-bond acceptors (Lipinski definition) is 4. The first-order valence-corrected chi connectivity index (χ1v) is 7.71. The fraction of sp³-hybridized carbons (Fsp3) is 0.111. The fourth-order valence-electron chi connectivity index (χ4n) is 3.03. The Kier molecular flexibility index (Phi) is 3.23. The van der Waals surface area contributed by atoms with Crippen molar-refractivity contribution >= 4 is 33.5 Å². The first kappa shape index (κ1) is 14.3. The third kappa shape index (κ3) is 2.04. The number of nitrogens with zero attached hydrogens (tertiary/aromatic N) is 1. The molecule has 24 heavy (non-hydrogen) atoms. The molecule has 0 aliphatic rings. The number of nitrogen functional groups attached to an aromatic ring is 1. The molecular formula is C18H16N4O2. The largest absolute Gasteiger partial charge is 0.461 e. The van der Waals surface area contributed by atoms with Gasteiger partial charge in [0.15, 0.2) is 5.69 Å². The van der Waals surface area contributed by atoms with Crippen molar-refractivity contribution < 1.29 is 9.53 Å². The second kappa shape index (κ2) is 5.42. The maximum absolute atomic E-state index is 12.5. The van der Waals surface area contributed by atoms with E-state index in [1.54, 1.807) is 6.92 Å². The maximum atomic E-state index is 12.5. The second-order valence-corrected chi connectivity index (χ2v) is 5.49. The lowest BCUT2D eigenvalue weighted by Gasteiger charge is -2.05. The van der Waals surface area contributed by atoms with Crippen molar-refractivity contribution in [2.75, 3.05) is 12.3 Å². The quantitative estimate of drug-likeness (QED) is 0.398. The Morgan fingerprint density at radius 3 is 2.83 bits per heavy atom. The molecule has 2 heterocycles. The molecule has 6 nitrogen and oxygen atoms in total. The number of nitrogens with two attached hydrogens (primary N) is 1. The molecule has 0 radical (unpaired) electrons. The SMILES string of the molecule is CCOC(=O)c1nc2c(N)cc3c[nH][nH]c3c2c1-c1ccccc1. The first-order chi connectivity index (χ1) is 11.7. The van der Waals surface area contributed by atoms with Crippen molar-refractivity contribution in [1.82, 2.24) is 15.2 Å². The van der Waals surface area contributed by atoms with Crippen LogP contribution in [0.2, 0.25) is 0 Å². The molecule has 4 aromatic rings. The Labute approximate surface area is 137 Å². The van der Waals surface area contributed by atoms with Crippen molar-refractivity contribution in [3.63, 3.8) is 0 Å². The highest BCUT2D eigenvalue weighted by Crippen LogP contribution is 2.39.